The summed E-state index contributed by atoms with van der Waals surface area (Å²) in [6, 6.07) is 14.9. The minimum absolute atomic E-state index is 0.0159. The van der Waals surface area contributed by atoms with Gasteiger partial charge in [-0.05, 0) is 68.4 Å². The molecule has 0 saturated carbocycles. The Morgan fingerprint density at radius 1 is 1.16 bits per heavy atom. The zero-order valence-corrected chi connectivity index (χ0v) is 22.5. The standard InChI is InChI=1S/C29H32ClFN4O3/c1-33-14-12-21(13-15-33)35(3)29(37)23-10-8-19(16-26(23)31)24(22-6-4-5-7-25(22)30)17-27(32-38)20-9-11-28(36)34(2)18-20/h4-11,16,18,21,24,38H,12-15,17H2,1-3H3/b32-27-. The average Bonchev–Trinajstić information content (AvgIpc) is 2.91. The lowest BCUT2D eigenvalue weighted by molar-refractivity contribution is 0.0655. The molecule has 1 aromatic heterocycles. The molecule has 38 heavy (non-hydrogen) atoms. The van der Waals surface area contributed by atoms with Crippen molar-refractivity contribution in [2.45, 2.75) is 31.2 Å². The van der Waals surface area contributed by atoms with E-state index in [2.05, 4.69) is 17.1 Å². The zero-order valence-electron chi connectivity index (χ0n) is 21.8. The van der Waals surface area contributed by atoms with Gasteiger partial charge in [-0.25, -0.2) is 4.39 Å². The lowest BCUT2D eigenvalue weighted by Gasteiger charge is -2.35. The summed E-state index contributed by atoms with van der Waals surface area (Å²) in [4.78, 5) is 28.9. The normalized spacial score (nSPS) is 15.9. The largest absolute Gasteiger partial charge is 0.411 e. The van der Waals surface area contributed by atoms with Gasteiger partial charge in [0.1, 0.15) is 5.82 Å². The van der Waals surface area contributed by atoms with Crippen LogP contribution in [0.25, 0.3) is 0 Å². The van der Waals surface area contributed by atoms with Crippen molar-refractivity contribution in [3.05, 3.63) is 104 Å². The first kappa shape index (κ1) is 27.5. The number of benzene rings is 2. The number of amides is 1. The number of carbonyl (C=O) groups excluding carboxylic acids is 1. The van der Waals surface area contributed by atoms with E-state index < -0.39 is 11.7 Å². The Hall–Kier alpha value is -3.49. The van der Waals surface area contributed by atoms with Crippen LogP contribution < -0.4 is 5.56 Å². The van der Waals surface area contributed by atoms with Crippen LogP contribution in [0.2, 0.25) is 5.02 Å². The fourth-order valence-corrected chi connectivity index (χ4v) is 5.27. The first-order chi connectivity index (χ1) is 18.2. The number of oxime groups is 1. The Morgan fingerprint density at radius 3 is 2.50 bits per heavy atom. The molecule has 200 valence electrons. The number of aryl methyl sites for hydroxylation is 1. The number of piperidine rings is 1. The third-order valence-electron chi connectivity index (χ3n) is 7.40. The van der Waals surface area contributed by atoms with Crippen LogP contribution in [0.1, 0.15) is 52.2 Å². The monoisotopic (exact) mass is 538 g/mol. The molecule has 0 radical (unpaired) electrons. The highest BCUT2D eigenvalue weighted by molar-refractivity contribution is 6.31. The minimum Gasteiger partial charge on any atom is -0.411 e. The van der Waals surface area contributed by atoms with Crippen molar-refractivity contribution in [2.75, 3.05) is 27.2 Å². The summed E-state index contributed by atoms with van der Waals surface area (Å²) in [5.74, 6) is -1.44. The first-order valence-corrected chi connectivity index (χ1v) is 12.9. The number of hydrogen-bond donors (Lipinski definition) is 1. The Kier molecular flexibility index (Phi) is 8.64. The van der Waals surface area contributed by atoms with Gasteiger partial charge in [0, 0.05) is 55.3 Å². The van der Waals surface area contributed by atoms with Gasteiger partial charge in [0.05, 0.1) is 11.3 Å². The van der Waals surface area contributed by atoms with Gasteiger partial charge in [-0.1, -0.05) is 41.0 Å². The predicted molar refractivity (Wildman–Crippen MR) is 147 cm³/mol. The zero-order chi connectivity index (χ0) is 27.4. The maximum Gasteiger partial charge on any atom is 0.256 e. The van der Waals surface area contributed by atoms with E-state index in [1.165, 1.54) is 22.8 Å². The highest BCUT2D eigenvalue weighted by Crippen LogP contribution is 2.35. The molecule has 9 heteroatoms. The SMILES string of the molecule is CN1CCC(N(C)C(=O)c2ccc(C(C/C(=N/O)c3ccc(=O)n(C)c3)c3ccccc3Cl)cc2F)CC1. The van der Waals surface area contributed by atoms with Crippen LogP contribution in [-0.4, -0.2) is 64.4 Å². The van der Waals surface area contributed by atoms with Crippen molar-refractivity contribution in [3.8, 4) is 0 Å². The third-order valence-corrected chi connectivity index (χ3v) is 7.74. The van der Waals surface area contributed by atoms with Crippen LogP contribution in [0.5, 0.6) is 0 Å². The average molecular weight is 539 g/mol. The number of halogens is 2. The second-order valence-corrected chi connectivity index (χ2v) is 10.3. The van der Waals surface area contributed by atoms with Gasteiger partial charge in [-0.15, -0.1) is 0 Å². The summed E-state index contributed by atoms with van der Waals surface area (Å²) < 4.78 is 16.9. The number of hydrogen-bond acceptors (Lipinski definition) is 5. The Morgan fingerprint density at radius 2 is 1.87 bits per heavy atom. The van der Waals surface area contributed by atoms with E-state index >= 15 is 4.39 Å². The fourth-order valence-electron chi connectivity index (χ4n) is 5.00. The van der Waals surface area contributed by atoms with Crippen molar-refractivity contribution >= 4 is 23.2 Å². The number of carbonyl (C=O) groups is 1. The molecule has 1 atom stereocenters. The number of likely N-dealkylation sites (tertiary alicyclic amines) is 1. The van der Waals surface area contributed by atoms with Crippen LogP contribution in [-0.2, 0) is 7.05 Å². The van der Waals surface area contributed by atoms with Gasteiger partial charge >= 0.3 is 0 Å². The molecule has 1 fully saturated rings. The number of rotatable bonds is 7. The molecule has 1 aliphatic heterocycles. The Labute approximate surface area is 226 Å². The van der Waals surface area contributed by atoms with Crippen molar-refractivity contribution < 1.29 is 14.4 Å². The summed E-state index contributed by atoms with van der Waals surface area (Å²) >= 11 is 6.54. The highest BCUT2D eigenvalue weighted by Gasteiger charge is 2.28. The number of aromatic nitrogens is 1. The number of nitrogens with zero attached hydrogens (tertiary/aromatic N) is 4. The van der Waals surface area contributed by atoms with Crippen molar-refractivity contribution in [1.29, 1.82) is 0 Å². The molecule has 2 aromatic carbocycles. The quantitative estimate of drug-likeness (QED) is 0.268. The molecule has 0 bridgehead atoms. The molecular formula is C29H32ClFN4O3. The van der Waals surface area contributed by atoms with E-state index in [-0.39, 0.29) is 29.5 Å². The van der Waals surface area contributed by atoms with Crippen molar-refractivity contribution in [2.24, 2.45) is 12.2 Å². The van der Waals surface area contributed by atoms with E-state index in [1.807, 2.05) is 12.1 Å². The van der Waals surface area contributed by atoms with Gasteiger partial charge in [0.25, 0.3) is 5.91 Å². The molecule has 1 N–H and O–H groups in total. The molecule has 1 aliphatic rings. The lowest BCUT2D eigenvalue weighted by atomic mass is 9.85. The molecule has 1 unspecified atom stereocenters. The van der Waals surface area contributed by atoms with E-state index in [0.717, 1.165) is 31.5 Å². The fraction of sp³-hybridized carbons (Fsp3) is 0.345. The first-order valence-electron chi connectivity index (χ1n) is 12.6. The maximum atomic E-state index is 15.5. The van der Waals surface area contributed by atoms with Gasteiger partial charge in [0.15, 0.2) is 0 Å². The predicted octanol–water partition coefficient (Wildman–Crippen LogP) is 4.74. The molecular weight excluding hydrogens is 507 g/mol. The summed E-state index contributed by atoms with van der Waals surface area (Å²) in [5, 5.41) is 13.8. The van der Waals surface area contributed by atoms with E-state index in [1.54, 1.807) is 49.5 Å². The van der Waals surface area contributed by atoms with E-state index in [0.29, 0.717) is 21.9 Å². The molecule has 2 heterocycles. The van der Waals surface area contributed by atoms with Gasteiger partial charge in [0.2, 0.25) is 5.56 Å². The molecule has 0 spiro atoms. The van der Waals surface area contributed by atoms with Crippen LogP contribution in [0.4, 0.5) is 4.39 Å². The number of pyridine rings is 1. The summed E-state index contributed by atoms with van der Waals surface area (Å²) in [5.41, 5.74) is 2.00. The minimum atomic E-state index is -0.617. The summed E-state index contributed by atoms with van der Waals surface area (Å²) in [6.45, 7) is 1.79. The van der Waals surface area contributed by atoms with Gasteiger partial charge in [-0.3, -0.25) is 9.59 Å². The molecule has 1 amide bonds. The van der Waals surface area contributed by atoms with Crippen molar-refractivity contribution in [3.63, 3.8) is 0 Å². The van der Waals surface area contributed by atoms with Crippen molar-refractivity contribution in [1.82, 2.24) is 14.4 Å². The second kappa shape index (κ2) is 11.9. The van der Waals surface area contributed by atoms with Gasteiger partial charge in [-0.2, -0.15) is 0 Å². The lowest BCUT2D eigenvalue weighted by Crippen LogP contribution is -2.44. The summed E-state index contributed by atoms with van der Waals surface area (Å²) in [7, 11) is 5.40. The van der Waals surface area contributed by atoms with Crippen LogP contribution in [0.3, 0.4) is 0 Å². The molecule has 3 aromatic rings. The molecule has 1 saturated heterocycles. The smallest absolute Gasteiger partial charge is 0.256 e. The van der Waals surface area contributed by atoms with Crippen LogP contribution in [0, 0.1) is 5.82 Å². The van der Waals surface area contributed by atoms with E-state index in [4.69, 9.17) is 11.6 Å². The van der Waals surface area contributed by atoms with Crippen LogP contribution in [0.15, 0.2) is 70.7 Å². The Bertz CT molecular complexity index is 1400. The molecule has 7 nitrogen and oxygen atoms in total. The van der Waals surface area contributed by atoms with Crippen LogP contribution >= 0.6 is 11.6 Å². The maximum absolute atomic E-state index is 15.5. The van der Waals surface area contributed by atoms with E-state index in [9.17, 15) is 14.8 Å². The third kappa shape index (κ3) is 5.97. The molecule has 4 rings (SSSR count). The summed E-state index contributed by atoms with van der Waals surface area (Å²) in [6.07, 6.45) is 3.46. The second-order valence-electron chi connectivity index (χ2n) is 9.88. The Balaban J connectivity index is 1.66. The van der Waals surface area contributed by atoms with Gasteiger partial charge < -0.3 is 19.6 Å². The topological polar surface area (TPSA) is 78.1 Å². The highest BCUT2D eigenvalue weighted by atomic mass is 35.5. The molecule has 0 aliphatic carbocycles.